The second-order valence-electron chi connectivity index (χ2n) is 5.89. The summed E-state index contributed by atoms with van der Waals surface area (Å²) in [5.41, 5.74) is 3.34. The molecule has 0 atom stereocenters. The van der Waals surface area contributed by atoms with E-state index in [9.17, 15) is 8.42 Å². The second-order valence-corrected chi connectivity index (χ2v) is 7.70. The van der Waals surface area contributed by atoms with Crippen LogP contribution in [0, 0.1) is 6.92 Å². The summed E-state index contributed by atoms with van der Waals surface area (Å²) in [4.78, 5) is 4.70. The Bertz CT molecular complexity index is 1150. The molecule has 2 aromatic carbocycles. The largest absolute Gasteiger partial charge is 0.269 e. The number of aryl methyl sites for hydroxylation is 1. The highest BCUT2D eigenvalue weighted by Crippen LogP contribution is 2.28. The van der Waals surface area contributed by atoms with Gasteiger partial charge in [0.15, 0.2) is 5.65 Å². The van der Waals surface area contributed by atoms with Gasteiger partial charge in [0.1, 0.15) is 0 Å². The van der Waals surface area contributed by atoms with Crippen LogP contribution in [0.15, 0.2) is 84.0 Å². The van der Waals surface area contributed by atoms with Gasteiger partial charge in [-0.05, 0) is 36.2 Å². The van der Waals surface area contributed by atoms with Crippen LogP contribution in [0.1, 0.15) is 5.56 Å². The predicted octanol–water partition coefficient (Wildman–Crippen LogP) is 4.25. The monoisotopic (exact) mass is 348 g/mol. The molecule has 0 amide bonds. The molecule has 0 bridgehead atoms. The van der Waals surface area contributed by atoms with Gasteiger partial charge >= 0.3 is 0 Å². The van der Waals surface area contributed by atoms with Crippen molar-refractivity contribution in [1.29, 1.82) is 0 Å². The molecule has 0 radical (unpaired) electrons. The maximum atomic E-state index is 12.9. The van der Waals surface area contributed by atoms with Gasteiger partial charge in [-0.1, -0.05) is 48.5 Å². The number of aromatic nitrogens is 2. The number of rotatable bonds is 3. The first kappa shape index (κ1) is 15.6. The third kappa shape index (κ3) is 2.62. The zero-order valence-electron chi connectivity index (χ0n) is 13.6. The molecule has 0 spiro atoms. The summed E-state index contributed by atoms with van der Waals surface area (Å²) in [6.07, 6.45) is 3.35. The summed E-state index contributed by atoms with van der Waals surface area (Å²) in [5.74, 6) is 0. The molecule has 0 N–H and O–H groups in total. The van der Waals surface area contributed by atoms with E-state index in [0.29, 0.717) is 5.65 Å². The van der Waals surface area contributed by atoms with Crippen LogP contribution in [0.2, 0.25) is 0 Å². The molecule has 25 heavy (non-hydrogen) atoms. The van der Waals surface area contributed by atoms with E-state index in [2.05, 4.69) is 4.98 Å². The van der Waals surface area contributed by atoms with Crippen molar-refractivity contribution < 1.29 is 8.42 Å². The quantitative estimate of drug-likeness (QED) is 0.556. The highest BCUT2D eigenvalue weighted by atomic mass is 32.2. The van der Waals surface area contributed by atoms with Gasteiger partial charge in [0, 0.05) is 23.3 Å². The molecule has 0 aliphatic carbocycles. The topological polar surface area (TPSA) is 52.0 Å². The lowest BCUT2D eigenvalue weighted by molar-refractivity contribution is 0.588. The Morgan fingerprint density at radius 2 is 1.52 bits per heavy atom. The zero-order chi connectivity index (χ0) is 17.4. The molecule has 0 saturated heterocycles. The van der Waals surface area contributed by atoms with E-state index in [1.165, 1.54) is 3.97 Å². The Morgan fingerprint density at radius 3 is 2.20 bits per heavy atom. The molecule has 5 heteroatoms. The van der Waals surface area contributed by atoms with Crippen LogP contribution in [0.25, 0.3) is 22.2 Å². The van der Waals surface area contributed by atoms with E-state index in [4.69, 9.17) is 0 Å². The Hall–Kier alpha value is -2.92. The predicted molar refractivity (Wildman–Crippen MR) is 98.9 cm³/mol. The minimum Gasteiger partial charge on any atom is -0.237 e. The van der Waals surface area contributed by atoms with Crippen LogP contribution >= 0.6 is 0 Å². The molecular weight excluding hydrogens is 332 g/mol. The third-order valence-corrected chi connectivity index (χ3v) is 5.88. The summed E-state index contributed by atoms with van der Waals surface area (Å²) in [7, 11) is -3.67. The van der Waals surface area contributed by atoms with E-state index in [-0.39, 0.29) is 4.90 Å². The number of benzene rings is 2. The maximum Gasteiger partial charge on any atom is 0.269 e. The van der Waals surface area contributed by atoms with Gasteiger partial charge in [-0.25, -0.2) is 17.4 Å². The molecule has 124 valence electrons. The van der Waals surface area contributed by atoms with Crippen molar-refractivity contribution in [3.05, 3.63) is 84.7 Å². The first-order valence-electron chi connectivity index (χ1n) is 7.91. The molecule has 4 rings (SSSR count). The normalized spacial score (nSPS) is 11.7. The SMILES string of the molecule is Cc1cn(S(=O)(=O)c2ccccc2)c2ncc(-c3ccccc3)cc12. The minimum absolute atomic E-state index is 0.251. The Kier molecular flexibility index (Phi) is 3.66. The van der Waals surface area contributed by atoms with E-state index in [1.54, 1.807) is 42.7 Å². The molecule has 2 heterocycles. The van der Waals surface area contributed by atoms with Crippen LogP contribution in [-0.2, 0) is 10.0 Å². The smallest absolute Gasteiger partial charge is 0.237 e. The zero-order valence-corrected chi connectivity index (χ0v) is 14.4. The van der Waals surface area contributed by atoms with Crippen LogP contribution in [0.5, 0.6) is 0 Å². The van der Waals surface area contributed by atoms with E-state index in [1.807, 2.05) is 43.3 Å². The summed E-state index contributed by atoms with van der Waals surface area (Å²) in [5, 5.41) is 0.834. The minimum atomic E-state index is -3.67. The number of nitrogens with zero attached hydrogens (tertiary/aromatic N) is 2. The molecule has 4 aromatic rings. The first-order valence-corrected chi connectivity index (χ1v) is 9.35. The van der Waals surface area contributed by atoms with Crippen molar-refractivity contribution in [2.75, 3.05) is 0 Å². The van der Waals surface area contributed by atoms with Crippen molar-refractivity contribution in [3.63, 3.8) is 0 Å². The highest BCUT2D eigenvalue weighted by molar-refractivity contribution is 7.90. The molecule has 0 aliphatic heterocycles. The first-order chi connectivity index (χ1) is 12.1. The lowest BCUT2D eigenvalue weighted by Crippen LogP contribution is -2.12. The van der Waals surface area contributed by atoms with Gasteiger partial charge in [-0.3, -0.25) is 0 Å². The standard InChI is InChI=1S/C20H16N2O2S/c1-15-14-22(25(23,24)18-10-6-3-7-11-18)20-19(15)12-17(13-21-20)16-8-4-2-5-9-16/h2-14H,1H3. The van der Waals surface area contributed by atoms with Gasteiger partial charge in [-0.15, -0.1) is 0 Å². The Morgan fingerprint density at radius 1 is 0.880 bits per heavy atom. The maximum absolute atomic E-state index is 12.9. The van der Waals surface area contributed by atoms with Crippen molar-refractivity contribution in [2.45, 2.75) is 11.8 Å². The van der Waals surface area contributed by atoms with Crippen LogP contribution < -0.4 is 0 Å². The lowest BCUT2D eigenvalue weighted by atomic mass is 10.1. The molecule has 4 nitrogen and oxygen atoms in total. The Labute approximate surface area is 146 Å². The molecule has 2 aromatic heterocycles. The van der Waals surface area contributed by atoms with Gasteiger partial charge in [0.25, 0.3) is 10.0 Å². The van der Waals surface area contributed by atoms with Crippen molar-refractivity contribution in [3.8, 4) is 11.1 Å². The van der Waals surface area contributed by atoms with E-state index < -0.39 is 10.0 Å². The Balaban J connectivity index is 1.91. The van der Waals surface area contributed by atoms with Crippen LogP contribution in [0.4, 0.5) is 0 Å². The fourth-order valence-electron chi connectivity index (χ4n) is 2.91. The number of pyridine rings is 1. The molecule has 0 fully saturated rings. The van der Waals surface area contributed by atoms with Crippen molar-refractivity contribution >= 4 is 21.1 Å². The third-order valence-electron chi connectivity index (χ3n) is 4.22. The van der Waals surface area contributed by atoms with E-state index in [0.717, 1.165) is 22.1 Å². The molecule has 0 aliphatic rings. The average molecular weight is 348 g/mol. The van der Waals surface area contributed by atoms with Gasteiger partial charge in [-0.2, -0.15) is 0 Å². The number of hydrogen-bond donors (Lipinski definition) is 0. The molecule has 0 saturated carbocycles. The summed E-state index contributed by atoms with van der Waals surface area (Å²) < 4.78 is 27.1. The second kappa shape index (κ2) is 5.86. The van der Waals surface area contributed by atoms with E-state index >= 15 is 0 Å². The summed E-state index contributed by atoms with van der Waals surface area (Å²) in [6, 6.07) is 20.3. The summed E-state index contributed by atoms with van der Waals surface area (Å²) in [6.45, 7) is 1.90. The molecule has 0 unspecified atom stereocenters. The fraction of sp³-hybridized carbons (Fsp3) is 0.0500. The van der Waals surface area contributed by atoms with Crippen molar-refractivity contribution in [2.24, 2.45) is 0 Å². The average Bonchev–Trinajstić information content (AvgIpc) is 3.00. The molecular formula is C20H16N2O2S. The highest BCUT2D eigenvalue weighted by Gasteiger charge is 2.21. The van der Waals surface area contributed by atoms with Gasteiger partial charge in [0.05, 0.1) is 4.90 Å². The van der Waals surface area contributed by atoms with Gasteiger partial charge < -0.3 is 0 Å². The van der Waals surface area contributed by atoms with Crippen molar-refractivity contribution in [1.82, 2.24) is 8.96 Å². The van der Waals surface area contributed by atoms with Crippen LogP contribution in [0.3, 0.4) is 0 Å². The number of hydrogen-bond acceptors (Lipinski definition) is 3. The number of fused-ring (bicyclic) bond motifs is 1. The van der Waals surface area contributed by atoms with Gasteiger partial charge in [0.2, 0.25) is 0 Å². The summed E-state index contributed by atoms with van der Waals surface area (Å²) >= 11 is 0. The fourth-order valence-corrected chi connectivity index (χ4v) is 4.31. The lowest BCUT2D eigenvalue weighted by Gasteiger charge is -2.07. The van der Waals surface area contributed by atoms with Crippen LogP contribution in [-0.4, -0.2) is 17.4 Å².